The molecule has 1 amide bonds. The van der Waals surface area contributed by atoms with Gasteiger partial charge in [0.1, 0.15) is 12.2 Å². The number of rotatable bonds is 6. The smallest absolute Gasteiger partial charge is 0.313 e. The van der Waals surface area contributed by atoms with Gasteiger partial charge in [-0.05, 0) is 25.0 Å². The largest absolute Gasteiger partial charge is 0.481 e. The molecule has 0 bridgehead atoms. The van der Waals surface area contributed by atoms with Crippen LogP contribution in [0, 0.1) is 0 Å². The summed E-state index contributed by atoms with van der Waals surface area (Å²) in [5.41, 5.74) is 0.0262. The molecule has 2 unspecified atom stereocenters. The van der Waals surface area contributed by atoms with Crippen molar-refractivity contribution in [2.75, 3.05) is 6.54 Å². The highest BCUT2D eigenvalue weighted by atomic mass is 16.4. The molecule has 0 spiro atoms. The van der Waals surface area contributed by atoms with Crippen LogP contribution in [0.2, 0.25) is 0 Å². The molecular formula is C15H21NO5. The summed E-state index contributed by atoms with van der Waals surface area (Å²) in [5, 5.41) is 31.3. The number of hydrogen-bond acceptors (Lipinski definition) is 4. The number of aliphatic hydroxyl groups is 2. The summed E-state index contributed by atoms with van der Waals surface area (Å²) in [6.07, 6.45) is -2.29. The summed E-state index contributed by atoms with van der Waals surface area (Å²) in [6, 6.07) is 6.36. The van der Waals surface area contributed by atoms with Crippen LogP contribution in [0.3, 0.4) is 0 Å². The zero-order valence-corrected chi connectivity index (χ0v) is 12.3. The predicted octanol–water partition coefficient (Wildman–Crippen LogP) is 0.579. The van der Waals surface area contributed by atoms with Gasteiger partial charge in [0, 0.05) is 13.5 Å². The SMILES string of the molecule is CC(=O)NCC(O)C(O)c1ccc(C(C)(C)C(=O)O)cc1. The topological polar surface area (TPSA) is 107 Å². The first-order valence-corrected chi connectivity index (χ1v) is 6.60. The number of aliphatic carboxylic acids is 1. The van der Waals surface area contributed by atoms with Gasteiger partial charge in [-0.1, -0.05) is 24.3 Å². The van der Waals surface area contributed by atoms with E-state index in [1.54, 1.807) is 38.1 Å². The third-order valence-electron chi connectivity index (χ3n) is 3.43. The molecule has 4 N–H and O–H groups in total. The summed E-state index contributed by atoms with van der Waals surface area (Å²) in [6.45, 7) is 4.44. The fourth-order valence-electron chi connectivity index (χ4n) is 1.80. The molecule has 2 atom stereocenters. The molecule has 1 aromatic rings. The lowest BCUT2D eigenvalue weighted by Crippen LogP contribution is -2.34. The molecule has 0 aliphatic heterocycles. The first-order chi connectivity index (χ1) is 9.66. The van der Waals surface area contributed by atoms with Gasteiger partial charge in [0.2, 0.25) is 5.91 Å². The van der Waals surface area contributed by atoms with Gasteiger partial charge in [-0.25, -0.2) is 0 Å². The predicted molar refractivity (Wildman–Crippen MR) is 76.8 cm³/mol. The van der Waals surface area contributed by atoms with E-state index in [9.17, 15) is 19.8 Å². The first-order valence-electron chi connectivity index (χ1n) is 6.60. The molecule has 116 valence electrons. The molecule has 0 aliphatic rings. The van der Waals surface area contributed by atoms with Crippen molar-refractivity contribution >= 4 is 11.9 Å². The van der Waals surface area contributed by atoms with Crippen LogP contribution < -0.4 is 5.32 Å². The molecule has 21 heavy (non-hydrogen) atoms. The average molecular weight is 295 g/mol. The van der Waals surface area contributed by atoms with Crippen molar-refractivity contribution in [1.82, 2.24) is 5.32 Å². The Balaban J connectivity index is 2.82. The third-order valence-corrected chi connectivity index (χ3v) is 3.43. The van der Waals surface area contributed by atoms with E-state index < -0.39 is 23.6 Å². The molecule has 0 saturated heterocycles. The second-order valence-corrected chi connectivity index (χ2v) is 5.50. The quantitative estimate of drug-likeness (QED) is 0.614. The molecule has 0 saturated carbocycles. The minimum atomic E-state index is -1.15. The van der Waals surface area contributed by atoms with Gasteiger partial charge in [0.15, 0.2) is 0 Å². The monoisotopic (exact) mass is 295 g/mol. The number of aliphatic hydroxyl groups excluding tert-OH is 2. The lowest BCUT2D eigenvalue weighted by molar-refractivity contribution is -0.142. The van der Waals surface area contributed by atoms with E-state index >= 15 is 0 Å². The Morgan fingerprint density at radius 2 is 1.71 bits per heavy atom. The van der Waals surface area contributed by atoms with Gasteiger partial charge < -0.3 is 20.6 Å². The number of carbonyl (C=O) groups is 2. The molecule has 6 nitrogen and oxygen atoms in total. The zero-order chi connectivity index (χ0) is 16.2. The summed E-state index contributed by atoms with van der Waals surface area (Å²) in [7, 11) is 0. The lowest BCUT2D eigenvalue weighted by Gasteiger charge is -2.22. The highest BCUT2D eigenvalue weighted by Crippen LogP contribution is 2.25. The van der Waals surface area contributed by atoms with Crippen LogP contribution in [0.25, 0.3) is 0 Å². The number of nitrogens with one attached hydrogen (secondary N) is 1. The number of hydrogen-bond donors (Lipinski definition) is 4. The Labute approximate surface area is 123 Å². The van der Waals surface area contributed by atoms with E-state index in [-0.39, 0.29) is 12.5 Å². The van der Waals surface area contributed by atoms with Crippen molar-refractivity contribution in [3.63, 3.8) is 0 Å². The van der Waals surface area contributed by atoms with Gasteiger partial charge in [-0.2, -0.15) is 0 Å². The maximum atomic E-state index is 11.2. The van der Waals surface area contributed by atoms with Crippen molar-refractivity contribution in [2.24, 2.45) is 0 Å². The molecule has 0 radical (unpaired) electrons. The molecule has 1 rings (SSSR count). The Morgan fingerprint density at radius 1 is 1.19 bits per heavy atom. The second kappa shape index (κ2) is 6.69. The maximum absolute atomic E-state index is 11.2. The van der Waals surface area contributed by atoms with Crippen molar-refractivity contribution in [3.05, 3.63) is 35.4 Å². The third kappa shape index (κ3) is 4.27. The van der Waals surface area contributed by atoms with E-state index in [0.29, 0.717) is 11.1 Å². The minimum absolute atomic E-state index is 0.0567. The van der Waals surface area contributed by atoms with Crippen LogP contribution in [-0.2, 0) is 15.0 Å². The van der Waals surface area contributed by atoms with E-state index in [2.05, 4.69) is 5.32 Å². The second-order valence-electron chi connectivity index (χ2n) is 5.50. The highest BCUT2D eigenvalue weighted by molar-refractivity contribution is 5.80. The number of carbonyl (C=O) groups excluding carboxylic acids is 1. The number of carboxylic acid groups (broad SMARTS) is 1. The number of amides is 1. The normalized spacial score (nSPS) is 14.3. The number of carboxylic acids is 1. The summed E-state index contributed by atoms with van der Waals surface area (Å²) >= 11 is 0. The summed E-state index contributed by atoms with van der Waals surface area (Å²) in [4.78, 5) is 21.9. The van der Waals surface area contributed by atoms with E-state index in [0.717, 1.165) is 0 Å². The molecule has 0 aliphatic carbocycles. The standard InChI is InChI=1S/C15H21NO5/c1-9(17)16-8-12(18)13(19)10-4-6-11(7-5-10)15(2,3)14(20)21/h4-7,12-13,18-19H,8H2,1-3H3,(H,16,17)(H,20,21). The molecule has 0 fully saturated rings. The van der Waals surface area contributed by atoms with Crippen LogP contribution in [0.4, 0.5) is 0 Å². The van der Waals surface area contributed by atoms with Crippen molar-refractivity contribution < 1.29 is 24.9 Å². The molecular weight excluding hydrogens is 274 g/mol. The lowest BCUT2D eigenvalue weighted by atomic mass is 9.84. The number of benzene rings is 1. The fourth-order valence-corrected chi connectivity index (χ4v) is 1.80. The van der Waals surface area contributed by atoms with Crippen molar-refractivity contribution in [2.45, 2.75) is 38.4 Å². The summed E-state index contributed by atoms with van der Waals surface area (Å²) in [5.74, 6) is -1.23. The zero-order valence-electron chi connectivity index (χ0n) is 12.3. The molecule has 0 heterocycles. The van der Waals surface area contributed by atoms with E-state index in [1.165, 1.54) is 6.92 Å². The first kappa shape index (κ1) is 17.1. The van der Waals surface area contributed by atoms with Gasteiger partial charge in [0.05, 0.1) is 5.41 Å². The Kier molecular flexibility index (Phi) is 5.46. The molecule has 0 aromatic heterocycles. The highest BCUT2D eigenvalue weighted by Gasteiger charge is 2.29. The van der Waals surface area contributed by atoms with Gasteiger partial charge in [0.25, 0.3) is 0 Å². The van der Waals surface area contributed by atoms with Crippen molar-refractivity contribution in [1.29, 1.82) is 0 Å². The van der Waals surface area contributed by atoms with Gasteiger partial charge in [-0.3, -0.25) is 9.59 Å². The van der Waals surface area contributed by atoms with Gasteiger partial charge >= 0.3 is 5.97 Å². The van der Waals surface area contributed by atoms with Crippen LogP contribution in [0.1, 0.15) is 38.0 Å². The maximum Gasteiger partial charge on any atom is 0.313 e. The Hall–Kier alpha value is -1.92. The molecule has 1 aromatic carbocycles. The molecule has 6 heteroatoms. The van der Waals surface area contributed by atoms with E-state index in [4.69, 9.17) is 5.11 Å². The van der Waals surface area contributed by atoms with E-state index in [1.807, 2.05) is 0 Å². The van der Waals surface area contributed by atoms with Gasteiger partial charge in [-0.15, -0.1) is 0 Å². The van der Waals surface area contributed by atoms with Crippen molar-refractivity contribution in [3.8, 4) is 0 Å². The van der Waals surface area contributed by atoms with Crippen LogP contribution in [-0.4, -0.2) is 39.8 Å². The van der Waals surface area contributed by atoms with Crippen LogP contribution in [0.15, 0.2) is 24.3 Å². The van der Waals surface area contributed by atoms with Crippen LogP contribution in [0.5, 0.6) is 0 Å². The Morgan fingerprint density at radius 3 is 2.14 bits per heavy atom. The fraction of sp³-hybridized carbons (Fsp3) is 0.467. The average Bonchev–Trinajstić information content (AvgIpc) is 2.43. The van der Waals surface area contributed by atoms with Crippen LogP contribution >= 0.6 is 0 Å². The Bertz CT molecular complexity index is 509. The summed E-state index contributed by atoms with van der Waals surface area (Å²) < 4.78 is 0. The minimum Gasteiger partial charge on any atom is -0.481 e.